The topological polar surface area (TPSA) is 68.5 Å². The lowest BCUT2D eigenvalue weighted by Crippen LogP contribution is -2.30. The third-order valence-electron chi connectivity index (χ3n) is 6.32. The van der Waals surface area contributed by atoms with Crippen molar-refractivity contribution >= 4 is 45.1 Å². The summed E-state index contributed by atoms with van der Waals surface area (Å²) in [7, 11) is 0. The van der Waals surface area contributed by atoms with E-state index in [1.807, 2.05) is 83.5 Å². The van der Waals surface area contributed by atoms with Crippen molar-refractivity contribution < 1.29 is 19.4 Å². The minimum Gasteiger partial charge on any atom is -0.489 e. The van der Waals surface area contributed by atoms with Crippen molar-refractivity contribution in [3.8, 4) is 5.75 Å². The standard InChI is InChI=1S/C29H24INO4/c30-21-9-3-6-19(16-21)17-31-18-25(23-11-5-13-26(27(23)31)35-15-14-32)29(34)28(33)24-12-4-8-20-7-1-2-10-22(20)24/h1-13,16,18,22,24,32H,14-15,17H2. The van der Waals surface area contributed by atoms with Crippen molar-refractivity contribution in [1.82, 2.24) is 4.57 Å². The number of rotatable bonds is 8. The molecule has 0 saturated heterocycles. The van der Waals surface area contributed by atoms with E-state index in [2.05, 4.69) is 28.7 Å². The van der Waals surface area contributed by atoms with Gasteiger partial charge in [-0.3, -0.25) is 9.59 Å². The molecule has 2 aliphatic carbocycles. The Bertz CT molecular complexity index is 1430. The highest BCUT2D eigenvalue weighted by molar-refractivity contribution is 14.1. The molecule has 0 saturated carbocycles. The van der Waals surface area contributed by atoms with E-state index in [0.717, 1.165) is 20.2 Å². The molecule has 176 valence electrons. The zero-order valence-electron chi connectivity index (χ0n) is 18.9. The molecule has 2 aliphatic rings. The second-order valence-corrected chi connectivity index (χ2v) is 9.81. The Labute approximate surface area is 217 Å². The summed E-state index contributed by atoms with van der Waals surface area (Å²) in [4.78, 5) is 27.1. The van der Waals surface area contributed by atoms with Gasteiger partial charge in [0.1, 0.15) is 12.4 Å². The maximum atomic E-state index is 13.6. The molecule has 6 heteroatoms. The molecule has 1 N–H and O–H groups in total. The van der Waals surface area contributed by atoms with Crippen LogP contribution < -0.4 is 4.74 Å². The second kappa shape index (κ2) is 10.2. The van der Waals surface area contributed by atoms with Crippen LogP contribution in [0, 0.1) is 15.4 Å². The summed E-state index contributed by atoms with van der Waals surface area (Å²) >= 11 is 2.27. The van der Waals surface area contributed by atoms with Gasteiger partial charge in [0.15, 0.2) is 0 Å². The minimum atomic E-state index is -0.536. The lowest BCUT2D eigenvalue weighted by Gasteiger charge is -2.25. The third kappa shape index (κ3) is 4.68. The molecule has 2 aromatic carbocycles. The molecule has 0 aliphatic heterocycles. The lowest BCUT2D eigenvalue weighted by molar-refractivity contribution is -0.118. The third-order valence-corrected chi connectivity index (χ3v) is 6.99. The molecule has 1 heterocycles. The Morgan fingerprint density at radius 1 is 1.06 bits per heavy atom. The first kappa shape index (κ1) is 23.5. The molecule has 0 radical (unpaired) electrons. The molecule has 3 aromatic rings. The number of hydrogen-bond acceptors (Lipinski definition) is 4. The van der Waals surface area contributed by atoms with Crippen LogP contribution in [-0.4, -0.2) is 34.5 Å². The van der Waals surface area contributed by atoms with E-state index in [9.17, 15) is 14.7 Å². The highest BCUT2D eigenvalue weighted by Gasteiger charge is 2.34. The number of allylic oxidation sites excluding steroid dienone is 8. The first-order valence-corrected chi connectivity index (χ1v) is 12.6. The summed E-state index contributed by atoms with van der Waals surface area (Å²) in [6, 6.07) is 13.6. The van der Waals surface area contributed by atoms with Crippen LogP contribution in [0.2, 0.25) is 0 Å². The van der Waals surface area contributed by atoms with Gasteiger partial charge in [0.2, 0.25) is 11.6 Å². The number of carbonyl (C=O) groups excluding carboxylic acids is 2. The summed E-state index contributed by atoms with van der Waals surface area (Å²) in [5, 5.41) is 9.95. The van der Waals surface area contributed by atoms with Gasteiger partial charge in [-0.05, 0) is 51.9 Å². The van der Waals surface area contributed by atoms with Crippen molar-refractivity contribution in [3.63, 3.8) is 0 Å². The largest absolute Gasteiger partial charge is 0.489 e. The van der Waals surface area contributed by atoms with Crippen LogP contribution in [0.1, 0.15) is 15.9 Å². The SMILES string of the molecule is O=C(C(=O)C1C=CC=C2C=CC=CC21)c1cn(Cc2cccc(I)c2)c2c(OCCO)cccc12. The fourth-order valence-electron chi connectivity index (χ4n) is 4.74. The molecule has 2 atom stereocenters. The zero-order valence-corrected chi connectivity index (χ0v) is 21.1. The summed E-state index contributed by atoms with van der Waals surface area (Å²) in [6.07, 6.45) is 15.2. The maximum Gasteiger partial charge on any atom is 0.231 e. The first-order chi connectivity index (χ1) is 17.1. The molecule has 5 nitrogen and oxygen atoms in total. The summed E-state index contributed by atoms with van der Waals surface area (Å²) in [6.45, 7) is 0.533. The fraction of sp³-hybridized carbons (Fsp3) is 0.172. The van der Waals surface area contributed by atoms with Crippen LogP contribution in [0.15, 0.2) is 96.8 Å². The fourth-order valence-corrected chi connectivity index (χ4v) is 5.35. The van der Waals surface area contributed by atoms with Crippen LogP contribution in [0.5, 0.6) is 5.75 Å². The molecule has 0 amide bonds. The smallest absolute Gasteiger partial charge is 0.231 e. The number of para-hydroxylation sites is 1. The number of benzene rings is 2. The van der Waals surface area contributed by atoms with Gasteiger partial charge in [0, 0.05) is 27.6 Å². The molecule has 0 fully saturated rings. The van der Waals surface area contributed by atoms with E-state index in [1.165, 1.54) is 0 Å². The Balaban J connectivity index is 1.55. The Morgan fingerprint density at radius 3 is 2.74 bits per heavy atom. The average molecular weight is 577 g/mol. The number of nitrogens with zero attached hydrogens (tertiary/aromatic N) is 1. The minimum absolute atomic E-state index is 0.120. The number of hydrogen-bond donors (Lipinski definition) is 1. The number of fused-ring (bicyclic) bond motifs is 2. The molecular formula is C29H24INO4. The Kier molecular flexibility index (Phi) is 6.83. The van der Waals surface area contributed by atoms with E-state index in [4.69, 9.17) is 4.74 Å². The van der Waals surface area contributed by atoms with Gasteiger partial charge in [0.05, 0.1) is 23.6 Å². The summed E-state index contributed by atoms with van der Waals surface area (Å²) < 4.78 is 8.88. The van der Waals surface area contributed by atoms with Gasteiger partial charge >= 0.3 is 0 Å². The number of aromatic nitrogens is 1. The molecular weight excluding hydrogens is 553 g/mol. The number of aliphatic hydroxyl groups is 1. The van der Waals surface area contributed by atoms with Crippen molar-refractivity contribution in [1.29, 1.82) is 0 Å². The summed E-state index contributed by atoms with van der Waals surface area (Å²) in [5.41, 5.74) is 3.20. The van der Waals surface area contributed by atoms with Gasteiger partial charge in [0.25, 0.3) is 0 Å². The van der Waals surface area contributed by atoms with Crippen molar-refractivity contribution in [3.05, 3.63) is 111 Å². The van der Waals surface area contributed by atoms with Crippen molar-refractivity contribution in [2.24, 2.45) is 11.8 Å². The van der Waals surface area contributed by atoms with Gasteiger partial charge < -0.3 is 14.4 Å². The quantitative estimate of drug-likeness (QED) is 0.225. The Morgan fingerprint density at radius 2 is 1.91 bits per heavy atom. The predicted molar refractivity (Wildman–Crippen MR) is 145 cm³/mol. The van der Waals surface area contributed by atoms with E-state index >= 15 is 0 Å². The predicted octanol–water partition coefficient (Wildman–Crippen LogP) is 5.27. The molecule has 2 unspecified atom stereocenters. The van der Waals surface area contributed by atoms with Crippen LogP contribution in [0.4, 0.5) is 0 Å². The Hall–Kier alpha value is -3.23. The van der Waals surface area contributed by atoms with Crippen LogP contribution in [-0.2, 0) is 11.3 Å². The van der Waals surface area contributed by atoms with E-state index in [0.29, 0.717) is 23.2 Å². The van der Waals surface area contributed by atoms with E-state index in [1.54, 1.807) is 6.20 Å². The molecule has 0 bridgehead atoms. The number of Topliss-reactive ketones (excluding diaryl/α,β-unsaturated/α-hetero) is 2. The number of halogens is 1. The highest BCUT2D eigenvalue weighted by atomic mass is 127. The number of carbonyl (C=O) groups is 2. The van der Waals surface area contributed by atoms with Crippen LogP contribution in [0.25, 0.3) is 10.9 Å². The highest BCUT2D eigenvalue weighted by Crippen LogP contribution is 2.35. The zero-order chi connectivity index (χ0) is 24.4. The second-order valence-electron chi connectivity index (χ2n) is 8.57. The molecule has 5 rings (SSSR count). The lowest BCUT2D eigenvalue weighted by atomic mass is 9.76. The molecule has 0 spiro atoms. The number of ketones is 2. The maximum absolute atomic E-state index is 13.6. The van der Waals surface area contributed by atoms with Crippen LogP contribution >= 0.6 is 22.6 Å². The monoisotopic (exact) mass is 577 g/mol. The van der Waals surface area contributed by atoms with Gasteiger partial charge in [-0.1, -0.05) is 66.8 Å². The van der Waals surface area contributed by atoms with Crippen molar-refractivity contribution in [2.45, 2.75) is 6.54 Å². The number of aliphatic hydroxyl groups excluding tert-OH is 1. The molecule has 1 aromatic heterocycles. The van der Waals surface area contributed by atoms with Crippen molar-refractivity contribution in [2.75, 3.05) is 13.2 Å². The van der Waals surface area contributed by atoms with Gasteiger partial charge in [-0.2, -0.15) is 0 Å². The molecule has 35 heavy (non-hydrogen) atoms. The van der Waals surface area contributed by atoms with E-state index < -0.39 is 17.5 Å². The normalized spacial score (nSPS) is 18.4. The van der Waals surface area contributed by atoms with Crippen LogP contribution in [0.3, 0.4) is 0 Å². The van der Waals surface area contributed by atoms with E-state index in [-0.39, 0.29) is 19.1 Å². The number of ether oxygens (including phenoxy) is 1. The van der Waals surface area contributed by atoms with Gasteiger partial charge in [-0.15, -0.1) is 0 Å². The summed E-state index contributed by atoms with van der Waals surface area (Å²) in [5.74, 6) is -1.03. The van der Waals surface area contributed by atoms with Gasteiger partial charge in [-0.25, -0.2) is 0 Å². The average Bonchev–Trinajstić information content (AvgIpc) is 3.25. The first-order valence-electron chi connectivity index (χ1n) is 11.5.